The molecule has 1 aromatic rings. The van der Waals surface area contributed by atoms with Gasteiger partial charge in [-0.2, -0.15) is 0 Å². The van der Waals surface area contributed by atoms with Crippen LogP contribution in [0.15, 0.2) is 23.1 Å². The number of methoxy groups -OCH3 is 2. The van der Waals surface area contributed by atoms with E-state index in [9.17, 15) is 14.7 Å². The fraction of sp³-hybridized carbons (Fsp3) is 0.267. The van der Waals surface area contributed by atoms with Gasteiger partial charge in [0.05, 0.1) is 31.1 Å². The zero-order valence-corrected chi connectivity index (χ0v) is 14.3. The summed E-state index contributed by atoms with van der Waals surface area (Å²) >= 11 is 6.13. The third-order valence-electron chi connectivity index (χ3n) is 3.28. The number of carbonyl (C=O) groups excluding carboxylic acids is 2. The fourth-order valence-corrected chi connectivity index (χ4v) is 3.42. The second-order valence-electron chi connectivity index (χ2n) is 4.65. The number of carboxylic acid groups (broad SMARTS) is 1. The van der Waals surface area contributed by atoms with E-state index in [0.29, 0.717) is 22.0 Å². The molecule has 2 rings (SSSR count). The molecule has 122 valence electrons. The molecule has 1 saturated heterocycles. The molecule has 1 amide bonds. The third-order valence-corrected chi connectivity index (χ3v) is 4.61. The van der Waals surface area contributed by atoms with Crippen LogP contribution in [0.1, 0.15) is 12.5 Å². The maximum atomic E-state index is 12.4. The number of thiocarbonyl (C=S) groups is 1. The molecule has 0 bridgehead atoms. The van der Waals surface area contributed by atoms with Crippen molar-refractivity contribution in [2.45, 2.75) is 13.0 Å². The summed E-state index contributed by atoms with van der Waals surface area (Å²) in [7, 11) is 3.05. The molecule has 1 heterocycles. The summed E-state index contributed by atoms with van der Waals surface area (Å²) in [5, 5.41) is 11.0. The lowest BCUT2D eigenvalue weighted by Crippen LogP contribution is -2.48. The maximum absolute atomic E-state index is 12.4. The SMILES string of the molecule is COc1ccc(OC)c(C=C2SC(=S)N([C@@H](C)C(=O)[O-])C2=O)c1. The molecule has 8 heteroatoms. The molecule has 6 nitrogen and oxygen atoms in total. The third kappa shape index (κ3) is 3.48. The minimum Gasteiger partial charge on any atom is -0.548 e. The van der Waals surface area contributed by atoms with Crippen LogP contribution in [0.25, 0.3) is 6.08 Å². The van der Waals surface area contributed by atoms with Gasteiger partial charge in [-0.1, -0.05) is 24.0 Å². The number of thioether (sulfide) groups is 1. The molecule has 1 atom stereocenters. The van der Waals surface area contributed by atoms with Gasteiger partial charge < -0.3 is 19.4 Å². The van der Waals surface area contributed by atoms with Gasteiger partial charge in [0.2, 0.25) is 0 Å². The van der Waals surface area contributed by atoms with Crippen LogP contribution in [-0.4, -0.2) is 41.4 Å². The monoisotopic (exact) mass is 352 g/mol. The topological polar surface area (TPSA) is 78.9 Å². The molecule has 1 aliphatic rings. The number of ether oxygens (including phenoxy) is 2. The van der Waals surface area contributed by atoms with Crippen LogP contribution in [0.4, 0.5) is 0 Å². The molecular weight excluding hydrogens is 338 g/mol. The zero-order chi connectivity index (χ0) is 17.1. The number of aliphatic carboxylic acids is 1. The summed E-state index contributed by atoms with van der Waals surface area (Å²) in [5.74, 6) is -0.664. The summed E-state index contributed by atoms with van der Waals surface area (Å²) in [4.78, 5) is 24.8. The fourth-order valence-electron chi connectivity index (χ4n) is 2.01. The molecular formula is C15H14NO5S2-. The zero-order valence-electron chi connectivity index (χ0n) is 12.7. The minimum absolute atomic E-state index is 0.180. The van der Waals surface area contributed by atoms with Crippen molar-refractivity contribution < 1.29 is 24.2 Å². The number of carbonyl (C=O) groups is 2. The number of rotatable bonds is 5. The molecule has 1 fully saturated rings. The predicted octanol–water partition coefficient (Wildman–Crippen LogP) is 1.04. The highest BCUT2D eigenvalue weighted by atomic mass is 32.2. The molecule has 0 aliphatic carbocycles. The van der Waals surface area contributed by atoms with Crippen LogP contribution in [0.3, 0.4) is 0 Å². The van der Waals surface area contributed by atoms with Crippen LogP contribution in [0.2, 0.25) is 0 Å². The van der Waals surface area contributed by atoms with E-state index in [4.69, 9.17) is 21.7 Å². The Morgan fingerprint density at radius 3 is 2.65 bits per heavy atom. The molecule has 1 aromatic carbocycles. The molecule has 23 heavy (non-hydrogen) atoms. The van der Waals surface area contributed by atoms with Gasteiger partial charge in [-0.25, -0.2) is 0 Å². The van der Waals surface area contributed by atoms with Crippen molar-refractivity contribution in [3.8, 4) is 11.5 Å². The first-order valence-corrected chi connectivity index (χ1v) is 7.81. The number of hydrogen-bond donors (Lipinski definition) is 0. The van der Waals surface area contributed by atoms with E-state index in [2.05, 4.69) is 0 Å². The Hall–Kier alpha value is -2.06. The Labute approximate surface area is 143 Å². The van der Waals surface area contributed by atoms with Gasteiger partial charge >= 0.3 is 0 Å². The summed E-state index contributed by atoms with van der Waals surface area (Å²) in [6, 6.07) is 4.04. The normalized spacial score (nSPS) is 17.5. The van der Waals surface area contributed by atoms with Crippen LogP contribution in [0.5, 0.6) is 11.5 Å². The van der Waals surface area contributed by atoms with Crippen molar-refractivity contribution in [1.29, 1.82) is 0 Å². The van der Waals surface area contributed by atoms with E-state index in [1.165, 1.54) is 21.1 Å². The Bertz CT molecular complexity index is 701. The van der Waals surface area contributed by atoms with Crippen LogP contribution < -0.4 is 14.6 Å². The van der Waals surface area contributed by atoms with Gasteiger partial charge in [-0.15, -0.1) is 0 Å². The smallest absolute Gasteiger partial charge is 0.266 e. The van der Waals surface area contributed by atoms with Gasteiger partial charge in [0.1, 0.15) is 15.8 Å². The van der Waals surface area contributed by atoms with Crippen molar-refractivity contribution in [3.05, 3.63) is 28.7 Å². The van der Waals surface area contributed by atoms with Crippen molar-refractivity contribution in [2.75, 3.05) is 14.2 Å². The first kappa shape index (κ1) is 17.3. The van der Waals surface area contributed by atoms with E-state index in [1.54, 1.807) is 24.3 Å². The molecule has 0 radical (unpaired) electrons. The molecule has 0 N–H and O–H groups in total. The molecule has 0 unspecified atom stereocenters. The van der Waals surface area contributed by atoms with Crippen molar-refractivity contribution >= 4 is 46.3 Å². The van der Waals surface area contributed by atoms with E-state index in [0.717, 1.165) is 16.7 Å². The lowest BCUT2D eigenvalue weighted by Gasteiger charge is -2.23. The average molecular weight is 352 g/mol. The number of amides is 1. The Balaban J connectivity index is 2.39. The largest absolute Gasteiger partial charge is 0.548 e. The second-order valence-corrected chi connectivity index (χ2v) is 6.33. The highest BCUT2D eigenvalue weighted by Gasteiger charge is 2.36. The highest BCUT2D eigenvalue weighted by Crippen LogP contribution is 2.36. The van der Waals surface area contributed by atoms with E-state index in [1.807, 2.05) is 0 Å². The number of benzene rings is 1. The Morgan fingerprint density at radius 2 is 2.09 bits per heavy atom. The van der Waals surface area contributed by atoms with E-state index < -0.39 is 17.9 Å². The highest BCUT2D eigenvalue weighted by molar-refractivity contribution is 8.26. The molecule has 0 aromatic heterocycles. The van der Waals surface area contributed by atoms with Crippen LogP contribution >= 0.6 is 24.0 Å². The van der Waals surface area contributed by atoms with E-state index in [-0.39, 0.29) is 4.32 Å². The first-order valence-electron chi connectivity index (χ1n) is 6.59. The minimum atomic E-state index is -1.36. The molecule has 0 saturated carbocycles. The molecule has 1 aliphatic heterocycles. The van der Waals surface area contributed by atoms with Crippen LogP contribution in [-0.2, 0) is 9.59 Å². The average Bonchev–Trinajstić information content (AvgIpc) is 2.80. The lowest BCUT2D eigenvalue weighted by atomic mass is 10.1. The number of carboxylic acids is 1. The van der Waals surface area contributed by atoms with E-state index >= 15 is 0 Å². The van der Waals surface area contributed by atoms with Crippen molar-refractivity contribution in [3.63, 3.8) is 0 Å². The predicted molar refractivity (Wildman–Crippen MR) is 89.0 cm³/mol. The summed E-state index contributed by atoms with van der Waals surface area (Å²) in [5.41, 5.74) is 0.633. The maximum Gasteiger partial charge on any atom is 0.266 e. The standard InChI is InChI=1S/C15H15NO5S2/c1-8(14(18)19)16-13(17)12(23-15(16)22)7-9-6-10(20-2)4-5-11(9)21-3/h4-8H,1-3H3,(H,18,19)/p-1/t8-/m0/s1. The quantitative estimate of drug-likeness (QED) is 0.579. The van der Waals surface area contributed by atoms with Gasteiger partial charge in [0.25, 0.3) is 5.91 Å². The summed E-state index contributed by atoms with van der Waals surface area (Å²) in [6.45, 7) is 1.36. The van der Waals surface area contributed by atoms with Gasteiger partial charge in [-0.3, -0.25) is 9.69 Å². The van der Waals surface area contributed by atoms with Gasteiger partial charge in [-0.05, 0) is 31.2 Å². The summed E-state index contributed by atoms with van der Waals surface area (Å²) < 4.78 is 10.6. The van der Waals surface area contributed by atoms with Gasteiger partial charge in [0, 0.05) is 5.56 Å². The number of hydrogen-bond acceptors (Lipinski definition) is 7. The Morgan fingerprint density at radius 1 is 1.39 bits per heavy atom. The lowest BCUT2D eigenvalue weighted by molar-refractivity contribution is -0.309. The first-order chi connectivity index (χ1) is 10.9. The van der Waals surface area contributed by atoms with Crippen molar-refractivity contribution in [1.82, 2.24) is 4.90 Å². The van der Waals surface area contributed by atoms with Gasteiger partial charge in [0.15, 0.2) is 0 Å². The summed E-state index contributed by atoms with van der Waals surface area (Å²) in [6.07, 6.45) is 1.60. The van der Waals surface area contributed by atoms with Crippen LogP contribution in [0, 0.1) is 0 Å². The second kappa shape index (κ2) is 7.01. The van der Waals surface area contributed by atoms with Crippen molar-refractivity contribution in [2.24, 2.45) is 0 Å². The molecule has 0 spiro atoms. The Kier molecular flexibility index (Phi) is 5.27. The number of nitrogens with zero attached hydrogens (tertiary/aromatic N) is 1.